The van der Waals surface area contributed by atoms with E-state index >= 15 is 0 Å². The van der Waals surface area contributed by atoms with Crippen molar-refractivity contribution in [2.45, 2.75) is 37.8 Å². The molecule has 2 rings (SSSR count). The highest BCUT2D eigenvalue weighted by atomic mass is 35.5. The van der Waals surface area contributed by atoms with Crippen molar-refractivity contribution in [1.82, 2.24) is 5.32 Å². The number of carbonyl (C=O) groups excluding carboxylic acids is 1. The van der Waals surface area contributed by atoms with Gasteiger partial charge in [0.2, 0.25) is 5.91 Å². The van der Waals surface area contributed by atoms with Crippen LogP contribution >= 0.6 is 12.4 Å². The molecule has 0 atom stereocenters. The second-order valence-corrected chi connectivity index (χ2v) is 5.53. The van der Waals surface area contributed by atoms with E-state index in [1.54, 1.807) is 7.11 Å². The fraction of sp³-hybridized carbons (Fsp3) is 0.562. The van der Waals surface area contributed by atoms with Crippen LogP contribution in [-0.4, -0.2) is 31.8 Å². The normalized spacial score (nSPS) is 15.9. The smallest absolute Gasteiger partial charge is 0.240 e. The van der Waals surface area contributed by atoms with Crippen LogP contribution in [-0.2, 0) is 16.1 Å². The third-order valence-electron chi connectivity index (χ3n) is 3.86. The third kappa shape index (κ3) is 5.16. The molecule has 0 aromatic heterocycles. The van der Waals surface area contributed by atoms with Gasteiger partial charge in [-0.25, -0.2) is 0 Å². The summed E-state index contributed by atoms with van der Waals surface area (Å²) in [7, 11) is 1.64. The zero-order chi connectivity index (χ0) is 15.1. The van der Waals surface area contributed by atoms with Gasteiger partial charge in [0.05, 0.1) is 12.1 Å². The molecule has 6 heteroatoms. The van der Waals surface area contributed by atoms with Crippen molar-refractivity contribution >= 4 is 18.3 Å². The summed E-state index contributed by atoms with van der Waals surface area (Å²) in [5.74, 6) is 0.729. The summed E-state index contributed by atoms with van der Waals surface area (Å²) in [6.45, 7) is 1.54. The van der Waals surface area contributed by atoms with E-state index in [2.05, 4.69) is 5.32 Å². The van der Waals surface area contributed by atoms with Crippen molar-refractivity contribution in [2.75, 3.05) is 20.3 Å². The first-order valence-corrected chi connectivity index (χ1v) is 7.42. The Morgan fingerprint density at radius 3 is 2.73 bits per heavy atom. The number of nitrogens with two attached hydrogens (primary N) is 1. The van der Waals surface area contributed by atoms with Gasteiger partial charge in [-0.3, -0.25) is 4.79 Å². The lowest BCUT2D eigenvalue weighted by Gasteiger charge is -2.22. The Kier molecular flexibility index (Phi) is 7.65. The van der Waals surface area contributed by atoms with Gasteiger partial charge in [0.15, 0.2) is 0 Å². The first-order valence-electron chi connectivity index (χ1n) is 7.42. The van der Waals surface area contributed by atoms with Crippen LogP contribution in [0.15, 0.2) is 24.3 Å². The molecule has 3 N–H and O–H groups in total. The van der Waals surface area contributed by atoms with Crippen molar-refractivity contribution in [1.29, 1.82) is 0 Å². The molecule has 1 aliphatic rings. The van der Waals surface area contributed by atoms with Crippen LogP contribution in [0.3, 0.4) is 0 Å². The van der Waals surface area contributed by atoms with Crippen LogP contribution in [0.5, 0.6) is 5.75 Å². The van der Waals surface area contributed by atoms with Gasteiger partial charge in [-0.05, 0) is 30.5 Å². The van der Waals surface area contributed by atoms with E-state index in [0.717, 1.165) is 37.0 Å². The molecule has 1 fully saturated rings. The topological polar surface area (TPSA) is 73.6 Å². The number of rotatable bonds is 7. The Morgan fingerprint density at radius 2 is 2.05 bits per heavy atom. The van der Waals surface area contributed by atoms with Gasteiger partial charge in [-0.1, -0.05) is 25.0 Å². The summed E-state index contributed by atoms with van der Waals surface area (Å²) >= 11 is 0. The van der Waals surface area contributed by atoms with Crippen molar-refractivity contribution in [2.24, 2.45) is 5.73 Å². The predicted octanol–water partition coefficient (Wildman–Crippen LogP) is 2.02. The van der Waals surface area contributed by atoms with Crippen LogP contribution < -0.4 is 15.8 Å². The molecule has 1 saturated carbocycles. The summed E-state index contributed by atoms with van der Waals surface area (Å²) in [4.78, 5) is 12.2. The minimum absolute atomic E-state index is 0. The van der Waals surface area contributed by atoms with Crippen molar-refractivity contribution in [3.63, 3.8) is 0 Å². The molecule has 0 heterocycles. The van der Waals surface area contributed by atoms with E-state index in [4.69, 9.17) is 15.2 Å². The summed E-state index contributed by atoms with van der Waals surface area (Å²) in [6, 6.07) is 7.69. The van der Waals surface area contributed by atoms with E-state index in [0.29, 0.717) is 19.8 Å². The molecule has 1 aliphatic carbocycles. The highest BCUT2D eigenvalue weighted by Gasteiger charge is 2.36. The van der Waals surface area contributed by atoms with Gasteiger partial charge in [0.1, 0.15) is 12.4 Å². The molecule has 22 heavy (non-hydrogen) atoms. The number of halogens is 1. The maximum Gasteiger partial charge on any atom is 0.240 e. The van der Waals surface area contributed by atoms with E-state index in [1.807, 2.05) is 24.3 Å². The second kappa shape index (κ2) is 8.98. The minimum Gasteiger partial charge on any atom is -0.491 e. The molecular weight excluding hydrogens is 304 g/mol. The van der Waals surface area contributed by atoms with Crippen LogP contribution in [0.4, 0.5) is 0 Å². The average Bonchev–Trinajstić information content (AvgIpc) is 2.94. The van der Waals surface area contributed by atoms with Crippen LogP contribution in [0.2, 0.25) is 0 Å². The highest BCUT2D eigenvalue weighted by molar-refractivity contribution is 5.86. The quantitative estimate of drug-likeness (QED) is 0.751. The van der Waals surface area contributed by atoms with E-state index in [-0.39, 0.29) is 18.3 Å². The number of benzene rings is 1. The number of carbonyl (C=O) groups is 1. The fourth-order valence-electron chi connectivity index (χ4n) is 2.58. The van der Waals surface area contributed by atoms with Crippen molar-refractivity contribution in [3.05, 3.63) is 29.8 Å². The van der Waals surface area contributed by atoms with Crippen LogP contribution in [0.25, 0.3) is 0 Å². The number of amides is 1. The fourth-order valence-corrected chi connectivity index (χ4v) is 2.58. The molecule has 5 nitrogen and oxygen atoms in total. The SMILES string of the molecule is COCCOc1cccc(CNC(=O)C2(N)CCCC2)c1.Cl. The molecule has 124 valence electrons. The van der Waals surface area contributed by atoms with E-state index in [9.17, 15) is 4.79 Å². The Morgan fingerprint density at radius 1 is 1.32 bits per heavy atom. The van der Waals surface area contributed by atoms with Crippen LogP contribution in [0, 0.1) is 0 Å². The van der Waals surface area contributed by atoms with Gasteiger partial charge in [-0.2, -0.15) is 0 Å². The largest absolute Gasteiger partial charge is 0.491 e. The minimum atomic E-state index is -0.674. The predicted molar refractivity (Wildman–Crippen MR) is 88.3 cm³/mol. The molecule has 0 saturated heterocycles. The van der Waals surface area contributed by atoms with Gasteiger partial charge >= 0.3 is 0 Å². The summed E-state index contributed by atoms with van der Waals surface area (Å²) in [5.41, 5.74) is 6.45. The van der Waals surface area contributed by atoms with Gasteiger partial charge < -0.3 is 20.5 Å². The molecule has 1 aromatic carbocycles. The molecule has 0 aliphatic heterocycles. The molecule has 1 amide bonds. The van der Waals surface area contributed by atoms with Crippen molar-refractivity contribution < 1.29 is 14.3 Å². The average molecular weight is 329 g/mol. The van der Waals surface area contributed by atoms with Gasteiger partial charge in [0, 0.05) is 13.7 Å². The maximum atomic E-state index is 12.2. The van der Waals surface area contributed by atoms with Crippen molar-refractivity contribution in [3.8, 4) is 5.75 Å². The summed E-state index contributed by atoms with van der Waals surface area (Å²) < 4.78 is 10.5. The van der Waals surface area contributed by atoms with Gasteiger partial charge in [0.25, 0.3) is 0 Å². The molecule has 0 unspecified atom stereocenters. The summed E-state index contributed by atoms with van der Waals surface area (Å²) in [6.07, 6.45) is 3.62. The monoisotopic (exact) mass is 328 g/mol. The Labute approximate surface area is 138 Å². The van der Waals surface area contributed by atoms with Crippen LogP contribution in [0.1, 0.15) is 31.2 Å². The molecule has 0 radical (unpaired) electrons. The number of nitrogens with one attached hydrogen (secondary N) is 1. The lowest BCUT2D eigenvalue weighted by Crippen LogP contribution is -2.51. The summed E-state index contributed by atoms with van der Waals surface area (Å²) in [5, 5.41) is 2.93. The highest BCUT2D eigenvalue weighted by Crippen LogP contribution is 2.27. The first kappa shape index (κ1) is 18.7. The Bertz CT molecular complexity index is 476. The Balaban J connectivity index is 0.00000242. The molecule has 0 bridgehead atoms. The first-order chi connectivity index (χ1) is 10.1. The maximum absolute atomic E-state index is 12.2. The number of methoxy groups -OCH3 is 1. The number of hydrogen-bond acceptors (Lipinski definition) is 4. The van der Waals surface area contributed by atoms with E-state index in [1.165, 1.54) is 0 Å². The lowest BCUT2D eigenvalue weighted by atomic mass is 9.98. The zero-order valence-corrected chi connectivity index (χ0v) is 13.8. The molecule has 0 spiro atoms. The number of hydrogen-bond donors (Lipinski definition) is 2. The Hall–Kier alpha value is -1.30. The lowest BCUT2D eigenvalue weighted by molar-refractivity contribution is -0.126. The zero-order valence-electron chi connectivity index (χ0n) is 13.0. The third-order valence-corrected chi connectivity index (χ3v) is 3.86. The van der Waals surface area contributed by atoms with E-state index < -0.39 is 5.54 Å². The standard InChI is InChI=1S/C16H24N2O3.ClH/c1-20-9-10-21-14-6-4-5-13(11-14)12-18-15(19)16(17)7-2-3-8-16;/h4-6,11H,2-3,7-10,12,17H2,1H3,(H,18,19);1H. The second-order valence-electron chi connectivity index (χ2n) is 5.53. The molecule has 1 aromatic rings. The number of ether oxygens (including phenoxy) is 2. The molecular formula is C16H25ClN2O3. The van der Waals surface area contributed by atoms with Gasteiger partial charge in [-0.15, -0.1) is 12.4 Å².